The van der Waals surface area contributed by atoms with Crippen molar-refractivity contribution in [1.29, 1.82) is 21.0 Å². The van der Waals surface area contributed by atoms with Crippen LogP contribution in [0, 0.1) is 67.0 Å². The number of rotatable bonds is 20. The van der Waals surface area contributed by atoms with E-state index < -0.39 is 50.4 Å². The second-order valence-corrected chi connectivity index (χ2v) is 41.3. The first-order chi connectivity index (χ1) is 63.3. The summed E-state index contributed by atoms with van der Waals surface area (Å²) < 4.78 is 154. The largest absolute Gasteiger partial charge is 0.393 e. The number of thiophene rings is 4. The van der Waals surface area contributed by atoms with Gasteiger partial charge in [0.2, 0.25) is 0 Å². The van der Waals surface area contributed by atoms with Crippen LogP contribution >= 0.6 is 45.3 Å². The van der Waals surface area contributed by atoms with Gasteiger partial charge in [-0.15, -0.1) is 45.3 Å². The molecule has 8 aliphatic rings. The molecule has 8 atom stereocenters. The van der Waals surface area contributed by atoms with E-state index in [1.807, 2.05) is 97.1 Å². The number of hydrogen-bond donors (Lipinski definition) is 4. The Balaban J connectivity index is 0.000000123. The Morgan fingerprint density at radius 2 is 0.508 bits per heavy atom. The highest BCUT2D eigenvalue weighted by Gasteiger charge is 2.50. The van der Waals surface area contributed by atoms with Crippen LogP contribution in [0.25, 0.3) is 40.9 Å². The Morgan fingerprint density at radius 3 is 0.697 bits per heavy atom. The number of nitrogens with one attached hydrogen (secondary N) is 4. The maximum Gasteiger partial charge on any atom is 0.393 e. The molecular weight excluding hydrogens is 1790 g/mol. The summed E-state index contributed by atoms with van der Waals surface area (Å²) in [5, 5.41) is 52.7. The van der Waals surface area contributed by atoms with Gasteiger partial charge in [-0.1, -0.05) is 48.5 Å². The first-order valence-corrected chi connectivity index (χ1v) is 47.7. The zero-order chi connectivity index (χ0) is 92.2. The van der Waals surface area contributed by atoms with E-state index in [1.165, 1.54) is 25.3 Å². The lowest BCUT2D eigenvalue weighted by molar-refractivity contribution is -0.127. The molecule has 8 aromatic heterocycles. The van der Waals surface area contributed by atoms with Crippen LogP contribution < -0.4 is 40.9 Å². The topological polar surface area (TPSA) is 259 Å². The van der Waals surface area contributed by atoms with Crippen molar-refractivity contribution in [3.63, 3.8) is 0 Å². The number of anilines is 8. The van der Waals surface area contributed by atoms with Crippen LogP contribution in [0.2, 0.25) is 0 Å². The summed E-state index contributed by atoms with van der Waals surface area (Å²) in [5.74, 6) is 3.02. The van der Waals surface area contributed by atoms with Crippen LogP contribution in [0.15, 0.2) is 147 Å². The Labute approximate surface area is 771 Å². The monoisotopic (exact) mass is 1880 g/mol. The quantitative estimate of drug-likeness (QED) is 0.0517. The second kappa shape index (κ2) is 38.6. The van der Waals surface area contributed by atoms with E-state index in [2.05, 4.69) is 105 Å². The molecule has 4 N–H and O–H groups in total. The fourth-order valence-electron chi connectivity index (χ4n) is 21.2. The predicted octanol–water partition coefficient (Wildman–Crippen LogP) is 22.9. The SMILES string of the molecule is N#CCc1ccc(N[C@@H]2CC[C@@]3(CCN(c4ncnc5sc(CC(F)(F)F)cc45)C3)C2)cc1.N#CCc1ccc(N[C@@H]2CC[C@]3(CCN(c4ncnc5sc(CC(F)(F)F)cc45)C3)C2)cc1.N#CCc1ccc(N[C@H]2CC[C@@]3(CCN(c4ncnc5sc(CC(F)(F)F)cc45)C3)C2)cc1.N#CCc1ccc(N[C@H]2CC[C@]3(CCN(c4ncnc5sc(CC(F)(F)F)cc45)C3)C2)cc1. The summed E-state index contributed by atoms with van der Waals surface area (Å²) in [5.41, 5.74) is 9.12. The maximum atomic E-state index is 12.9. The van der Waals surface area contributed by atoms with Gasteiger partial charge in [-0.3, -0.25) is 0 Å². The van der Waals surface area contributed by atoms with Gasteiger partial charge in [0.1, 0.15) is 67.9 Å². The third kappa shape index (κ3) is 22.7. The van der Waals surface area contributed by atoms with E-state index in [1.54, 1.807) is 24.3 Å². The molecule has 4 saturated carbocycles. The molecule has 0 amide bonds. The van der Waals surface area contributed by atoms with Crippen molar-refractivity contribution in [1.82, 2.24) is 39.9 Å². The van der Waals surface area contributed by atoms with Crippen LogP contribution in [0.5, 0.6) is 0 Å². The van der Waals surface area contributed by atoms with E-state index in [0.29, 0.717) is 69.2 Å². The summed E-state index contributed by atoms with van der Waals surface area (Å²) in [4.78, 5) is 47.2. The number of alkyl halides is 12. The Hall–Kier alpha value is -11.4. The van der Waals surface area contributed by atoms with Crippen molar-refractivity contribution < 1.29 is 52.7 Å². The van der Waals surface area contributed by atoms with Crippen LogP contribution in [0.1, 0.15) is 144 Å². The van der Waals surface area contributed by atoms with Crippen LogP contribution in [-0.4, -0.2) is 141 Å². The van der Waals surface area contributed by atoms with Crippen LogP contribution in [0.4, 0.5) is 98.7 Å². The van der Waals surface area contributed by atoms with Gasteiger partial charge in [-0.05, 0) is 219 Å². The number of hydrogen-bond acceptors (Lipinski definition) is 24. The minimum absolute atomic E-state index is 0.195. The average Bonchev–Trinajstić information content (AvgIpc) is 1.63. The number of fused-ring (bicyclic) bond motifs is 4. The molecule has 12 aromatic rings. The summed E-state index contributed by atoms with van der Waals surface area (Å²) in [7, 11) is 0. The van der Waals surface area contributed by atoms with Gasteiger partial charge in [-0.25, -0.2) is 39.9 Å². The van der Waals surface area contributed by atoms with Gasteiger partial charge in [0, 0.05) is 119 Å². The molecule has 20 nitrogen and oxygen atoms in total. The highest BCUT2D eigenvalue weighted by Crippen LogP contribution is 2.54. The summed E-state index contributed by atoms with van der Waals surface area (Å²) >= 11 is 4.40. The molecule has 0 bridgehead atoms. The highest BCUT2D eigenvalue weighted by molar-refractivity contribution is 7.19. The van der Waals surface area contributed by atoms with Crippen molar-refractivity contribution in [2.45, 2.75) is 203 Å². The molecule has 20 rings (SSSR count). The third-order valence-electron chi connectivity index (χ3n) is 27.1. The van der Waals surface area contributed by atoms with Crippen molar-refractivity contribution in [3.8, 4) is 24.3 Å². The second-order valence-electron chi connectivity index (χ2n) is 36.8. The maximum absolute atomic E-state index is 12.9. The Bertz CT molecular complexity index is 5480. The molecule has 4 aromatic carbocycles. The molecule has 688 valence electrons. The van der Waals surface area contributed by atoms with Crippen molar-refractivity contribution in [2.24, 2.45) is 21.7 Å². The zero-order valence-corrected chi connectivity index (χ0v) is 75.4. The van der Waals surface area contributed by atoms with E-state index >= 15 is 0 Å². The van der Waals surface area contributed by atoms with E-state index in [0.717, 1.165) is 290 Å². The summed E-state index contributed by atoms with van der Waals surface area (Å²) in [6.07, 6.45) is 4.14. The van der Waals surface area contributed by atoms with Gasteiger partial charge in [0.15, 0.2) is 0 Å². The first-order valence-electron chi connectivity index (χ1n) is 44.4. The van der Waals surface area contributed by atoms with Crippen LogP contribution in [-0.2, 0) is 51.4 Å². The Morgan fingerprint density at radius 1 is 0.303 bits per heavy atom. The van der Waals surface area contributed by atoms with Crippen molar-refractivity contribution in [3.05, 3.63) is 188 Å². The van der Waals surface area contributed by atoms with Gasteiger partial charge in [0.25, 0.3) is 0 Å². The number of aromatic nitrogens is 8. The fourth-order valence-corrected chi connectivity index (χ4v) is 25.3. The lowest BCUT2D eigenvalue weighted by atomic mass is 9.85. The van der Waals surface area contributed by atoms with Gasteiger partial charge in [0.05, 0.1) is 97.2 Å². The lowest BCUT2D eigenvalue weighted by Crippen LogP contribution is -2.27. The molecule has 8 fully saturated rings. The number of nitriles is 4. The van der Waals surface area contributed by atoms with Gasteiger partial charge in [-0.2, -0.15) is 73.7 Å². The van der Waals surface area contributed by atoms with Gasteiger partial charge < -0.3 is 40.9 Å². The molecule has 4 aliphatic carbocycles. The molecule has 4 spiro atoms. The van der Waals surface area contributed by atoms with Crippen LogP contribution in [0.3, 0.4) is 0 Å². The highest BCUT2D eigenvalue weighted by atomic mass is 32.1. The summed E-state index contributed by atoms with van der Waals surface area (Å²) in [6, 6.07) is 48.8. The van der Waals surface area contributed by atoms with E-state index in [4.69, 9.17) is 21.0 Å². The number of halogens is 12. The van der Waals surface area contributed by atoms with E-state index in [-0.39, 0.29) is 41.2 Å². The molecule has 132 heavy (non-hydrogen) atoms. The van der Waals surface area contributed by atoms with Crippen molar-refractivity contribution in [2.75, 3.05) is 93.2 Å². The molecule has 4 aliphatic heterocycles. The minimum atomic E-state index is -4.23. The molecule has 12 heterocycles. The van der Waals surface area contributed by atoms with Crippen molar-refractivity contribution >= 4 is 132 Å². The molecule has 36 heteroatoms. The van der Waals surface area contributed by atoms with Gasteiger partial charge >= 0.3 is 24.7 Å². The molecule has 4 saturated heterocycles. The Kier molecular flexibility index (Phi) is 27.0. The smallest absolute Gasteiger partial charge is 0.382 e. The standard InChI is InChI=1S/4C24H24F3N5S/c4*25-24(26,27)13-19-11-20-21(29-15-30-22(20)33-19)32-10-8-23(14-32)7-5-18(12-23)31-17-3-1-16(2-4-17)6-9-28/h4*1-4,11,15,18,31H,5-8,10,12-14H2/t2*18-,23+;2*18-,23-/m1010/s1. The average molecular weight is 1890 g/mol. The number of benzene rings is 4. The normalized spacial score (nSPS) is 22.8. The predicted molar refractivity (Wildman–Crippen MR) is 494 cm³/mol. The first kappa shape index (κ1) is 92.4. The lowest BCUT2D eigenvalue weighted by Gasteiger charge is -2.25. The third-order valence-corrected chi connectivity index (χ3v) is 31.3. The number of nitrogens with zero attached hydrogens (tertiary/aromatic N) is 16. The van der Waals surface area contributed by atoms with E-state index in [9.17, 15) is 52.7 Å². The zero-order valence-electron chi connectivity index (χ0n) is 72.1. The molecular formula is C96H96F12N20S4. The minimum Gasteiger partial charge on any atom is -0.382 e. The molecule has 0 unspecified atom stereocenters. The molecule has 0 radical (unpaired) electrons. The fraction of sp³-hybridized carbons (Fsp3) is 0.458. The summed E-state index contributed by atoms with van der Waals surface area (Å²) in [6.45, 7) is 6.87.